The zero-order valence-electron chi connectivity index (χ0n) is 11.2. The largest absolute Gasteiger partial charge is 0.461 e. The second kappa shape index (κ2) is 6.02. The van der Waals surface area contributed by atoms with E-state index in [1.165, 1.54) is 0 Å². The summed E-state index contributed by atoms with van der Waals surface area (Å²) < 4.78 is 5.36. The molecule has 102 valence electrons. The molecule has 0 spiro atoms. The quantitative estimate of drug-likeness (QED) is 0.653. The molecular weight excluding hydrogens is 238 g/mol. The van der Waals surface area contributed by atoms with E-state index in [1.807, 2.05) is 36.4 Å². The molecule has 3 nitrogen and oxygen atoms in total. The number of nitrogens with two attached hydrogens (primary N) is 1. The molecule has 2 rings (SSSR count). The predicted octanol–water partition coefficient (Wildman–Crippen LogP) is 2.80. The van der Waals surface area contributed by atoms with Crippen molar-refractivity contribution in [1.29, 1.82) is 0 Å². The number of hydrogen-bond acceptors (Lipinski definition) is 3. The number of ether oxygens (including phenoxy) is 1. The number of carbonyl (C=O) groups excluding carboxylic acids is 1. The van der Waals surface area contributed by atoms with Crippen molar-refractivity contribution >= 4 is 5.97 Å². The van der Waals surface area contributed by atoms with E-state index in [1.54, 1.807) is 0 Å². The topological polar surface area (TPSA) is 52.3 Å². The number of esters is 1. The van der Waals surface area contributed by atoms with E-state index in [0.717, 1.165) is 24.8 Å². The summed E-state index contributed by atoms with van der Waals surface area (Å²) in [6.45, 7) is 4.06. The molecule has 2 atom stereocenters. The minimum Gasteiger partial charge on any atom is -0.461 e. The molecule has 1 saturated carbocycles. The molecule has 1 aliphatic rings. The van der Waals surface area contributed by atoms with Crippen LogP contribution in [0.2, 0.25) is 0 Å². The van der Waals surface area contributed by atoms with Crippen LogP contribution in [0.1, 0.15) is 31.2 Å². The maximum absolute atomic E-state index is 12.0. The summed E-state index contributed by atoms with van der Waals surface area (Å²) >= 11 is 0. The first kappa shape index (κ1) is 13.8. The van der Waals surface area contributed by atoms with Crippen molar-refractivity contribution in [3.8, 4) is 0 Å². The summed E-state index contributed by atoms with van der Waals surface area (Å²) in [6.07, 6.45) is 4.97. The van der Waals surface area contributed by atoms with E-state index in [0.29, 0.717) is 13.0 Å². The second-order valence-electron chi connectivity index (χ2n) is 5.39. The van der Waals surface area contributed by atoms with Crippen LogP contribution < -0.4 is 5.73 Å². The monoisotopic (exact) mass is 259 g/mol. The summed E-state index contributed by atoms with van der Waals surface area (Å²) in [4.78, 5) is 12.0. The SMILES string of the molecule is C=CCC1(N)CC[C@@H](C(=O)OCc2ccccc2)C1. The smallest absolute Gasteiger partial charge is 0.309 e. The van der Waals surface area contributed by atoms with Gasteiger partial charge in [0.25, 0.3) is 0 Å². The lowest BCUT2D eigenvalue weighted by atomic mass is 9.93. The third-order valence-corrected chi connectivity index (χ3v) is 3.75. The van der Waals surface area contributed by atoms with Crippen molar-refractivity contribution in [3.63, 3.8) is 0 Å². The predicted molar refractivity (Wildman–Crippen MR) is 75.3 cm³/mol. The summed E-state index contributed by atoms with van der Waals surface area (Å²) in [5.74, 6) is -0.186. The number of hydrogen-bond donors (Lipinski definition) is 1. The van der Waals surface area contributed by atoms with E-state index in [-0.39, 0.29) is 17.4 Å². The van der Waals surface area contributed by atoms with Gasteiger partial charge in [0, 0.05) is 5.54 Å². The zero-order chi connectivity index (χ0) is 13.7. The molecule has 0 amide bonds. The van der Waals surface area contributed by atoms with Gasteiger partial charge in [-0.3, -0.25) is 4.79 Å². The maximum atomic E-state index is 12.0. The zero-order valence-corrected chi connectivity index (χ0v) is 11.2. The fourth-order valence-electron chi connectivity index (χ4n) is 2.68. The van der Waals surface area contributed by atoms with Gasteiger partial charge in [-0.25, -0.2) is 0 Å². The van der Waals surface area contributed by atoms with E-state index < -0.39 is 0 Å². The molecular formula is C16H21NO2. The van der Waals surface area contributed by atoms with E-state index >= 15 is 0 Å². The normalized spacial score (nSPS) is 26.1. The fourth-order valence-corrected chi connectivity index (χ4v) is 2.68. The van der Waals surface area contributed by atoms with Crippen molar-refractivity contribution in [2.24, 2.45) is 11.7 Å². The van der Waals surface area contributed by atoms with Crippen LogP contribution in [0.4, 0.5) is 0 Å². The first-order valence-electron chi connectivity index (χ1n) is 6.73. The van der Waals surface area contributed by atoms with Crippen LogP contribution in [0, 0.1) is 5.92 Å². The molecule has 1 aromatic carbocycles. The molecule has 0 heterocycles. The molecule has 0 radical (unpaired) electrons. The average Bonchev–Trinajstić information content (AvgIpc) is 2.80. The summed E-state index contributed by atoms with van der Waals surface area (Å²) in [5, 5.41) is 0. The highest BCUT2D eigenvalue weighted by Crippen LogP contribution is 2.36. The molecule has 1 aliphatic carbocycles. The van der Waals surface area contributed by atoms with E-state index in [2.05, 4.69) is 6.58 Å². The van der Waals surface area contributed by atoms with Crippen LogP contribution in [0.25, 0.3) is 0 Å². The lowest BCUT2D eigenvalue weighted by Crippen LogP contribution is -2.36. The minimum atomic E-state index is -0.266. The Morgan fingerprint density at radius 2 is 2.21 bits per heavy atom. The number of rotatable bonds is 5. The first-order chi connectivity index (χ1) is 9.13. The average molecular weight is 259 g/mol. The molecule has 1 fully saturated rings. The van der Waals surface area contributed by atoms with Crippen LogP contribution >= 0.6 is 0 Å². The fraction of sp³-hybridized carbons (Fsp3) is 0.438. The van der Waals surface area contributed by atoms with E-state index in [9.17, 15) is 4.79 Å². The molecule has 0 bridgehead atoms. The highest BCUT2D eigenvalue weighted by atomic mass is 16.5. The molecule has 2 N–H and O–H groups in total. The Morgan fingerprint density at radius 3 is 2.89 bits per heavy atom. The van der Waals surface area contributed by atoms with Gasteiger partial charge in [0.15, 0.2) is 0 Å². The first-order valence-corrected chi connectivity index (χ1v) is 6.73. The third kappa shape index (κ3) is 3.67. The standard InChI is InChI=1S/C16H21NO2/c1-2-9-16(17)10-8-14(11-16)15(18)19-12-13-6-4-3-5-7-13/h2-7,14H,1,8-12,17H2/t14-,16?/m1/s1. The number of carbonyl (C=O) groups is 1. The summed E-state index contributed by atoms with van der Waals surface area (Å²) in [6, 6.07) is 9.72. The molecule has 0 saturated heterocycles. The van der Waals surface area contributed by atoms with Gasteiger partial charge in [0.2, 0.25) is 0 Å². The van der Waals surface area contributed by atoms with Crippen LogP contribution in [-0.4, -0.2) is 11.5 Å². The maximum Gasteiger partial charge on any atom is 0.309 e. The molecule has 3 heteroatoms. The second-order valence-corrected chi connectivity index (χ2v) is 5.39. The molecule has 19 heavy (non-hydrogen) atoms. The Bertz CT molecular complexity index is 443. The Morgan fingerprint density at radius 1 is 1.47 bits per heavy atom. The van der Waals surface area contributed by atoms with Gasteiger partial charge in [-0.15, -0.1) is 6.58 Å². The van der Waals surface area contributed by atoms with Gasteiger partial charge < -0.3 is 10.5 Å². The lowest BCUT2D eigenvalue weighted by Gasteiger charge is -2.21. The molecule has 1 unspecified atom stereocenters. The van der Waals surface area contributed by atoms with Crippen molar-refractivity contribution in [3.05, 3.63) is 48.6 Å². The van der Waals surface area contributed by atoms with Gasteiger partial charge in [-0.2, -0.15) is 0 Å². The van der Waals surface area contributed by atoms with Gasteiger partial charge >= 0.3 is 5.97 Å². The van der Waals surface area contributed by atoms with Gasteiger partial charge in [0.1, 0.15) is 6.61 Å². The Hall–Kier alpha value is -1.61. The van der Waals surface area contributed by atoms with Crippen molar-refractivity contribution in [2.75, 3.05) is 0 Å². The van der Waals surface area contributed by atoms with E-state index in [4.69, 9.17) is 10.5 Å². The van der Waals surface area contributed by atoms with Crippen LogP contribution in [0.3, 0.4) is 0 Å². The molecule has 1 aromatic rings. The van der Waals surface area contributed by atoms with Gasteiger partial charge in [-0.1, -0.05) is 36.4 Å². The van der Waals surface area contributed by atoms with Crippen LogP contribution in [0.5, 0.6) is 0 Å². The minimum absolute atomic E-state index is 0.0614. The van der Waals surface area contributed by atoms with Gasteiger partial charge in [0.05, 0.1) is 5.92 Å². The van der Waals surface area contributed by atoms with Crippen LogP contribution in [-0.2, 0) is 16.1 Å². The lowest BCUT2D eigenvalue weighted by molar-refractivity contribution is -0.149. The van der Waals surface area contributed by atoms with Crippen molar-refractivity contribution in [1.82, 2.24) is 0 Å². The summed E-state index contributed by atoms with van der Waals surface area (Å²) in [7, 11) is 0. The highest BCUT2D eigenvalue weighted by molar-refractivity contribution is 5.73. The number of benzene rings is 1. The Kier molecular flexibility index (Phi) is 4.38. The van der Waals surface area contributed by atoms with Crippen LogP contribution in [0.15, 0.2) is 43.0 Å². The molecule has 0 aromatic heterocycles. The Labute approximate surface area is 114 Å². The van der Waals surface area contributed by atoms with Gasteiger partial charge in [-0.05, 0) is 31.2 Å². The van der Waals surface area contributed by atoms with Crippen molar-refractivity contribution < 1.29 is 9.53 Å². The summed E-state index contributed by atoms with van der Waals surface area (Å²) in [5.41, 5.74) is 6.97. The molecule has 0 aliphatic heterocycles. The highest BCUT2D eigenvalue weighted by Gasteiger charge is 2.38. The van der Waals surface area contributed by atoms with Crippen molar-refractivity contribution in [2.45, 2.75) is 37.8 Å². The Balaban J connectivity index is 1.83. The third-order valence-electron chi connectivity index (χ3n) is 3.75.